The predicted octanol–water partition coefficient (Wildman–Crippen LogP) is 4.39. The van der Waals surface area contributed by atoms with Gasteiger partial charge in [-0.2, -0.15) is 0 Å². The molecule has 0 atom stereocenters. The largest absolute Gasteiger partial charge is 0.339 e. The number of rotatable bonds is 4. The van der Waals surface area contributed by atoms with E-state index in [9.17, 15) is 9.59 Å². The molecule has 2 amide bonds. The Kier molecular flexibility index (Phi) is 5.80. The Hall–Kier alpha value is -1.44. The second-order valence-electron chi connectivity index (χ2n) is 7.17. The Labute approximate surface area is 172 Å². The normalized spacial score (nSPS) is 18.3. The highest BCUT2D eigenvalue weighted by Gasteiger charge is 2.28. The van der Waals surface area contributed by atoms with Gasteiger partial charge in [-0.1, -0.05) is 24.4 Å². The van der Waals surface area contributed by atoms with Gasteiger partial charge in [0.25, 0.3) is 5.91 Å². The highest BCUT2D eigenvalue weighted by molar-refractivity contribution is 7.23. The zero-order valence-corrected chi connectivity index (χ0v) is 17.4. The van der Waals surface area contributed by atoms with Crippen LogP contribution >= 0.6 is 34.3 Å². The lowest BCUT2D eigenvalue weighted by Gasteiger charge is -2.35. The minimum Gasteiger partial charge on any atom is -0.339 e. The van der Waals surface area contributed by atoms with Gasteiger partial charge in [0.15, 0.2) is 0 Å². The number of carbonyl (C=O) groups excluding carboxylic acids is 2. The summed E-state index contributed by atoms with van der Waals surface area (Å²) in [6.45, 7) is 2.39. The third-order valence-electron chi connectivity index (χ3n) is 5.36. The summed E-state index contributed by atoms with van der Waals surface area (Å²) in [5, 5.41) is 2.63. The van der Waals surface area contributed by atoms with Crippen molar-refractivity contribution in [3.05, 3.63) is 27.5 Å². The monoisotopic (exact) mass is 423 g/mol. The lowest BCUT2D eigenvalue weighted by Crippen LogP contribution is -2.50. The topological polar surface area (TPSA) is 53.5 Å². The molecule has 0 N–H and O–H groups in total. The summed E-state index contributed by atoms with van der Waals surface area (Å²) >= 11 is 8.90. The minimum absolute atomic E-state index is 0.0527. The summed E-state index contributed by atoms with van der Waals surface area (Å²) in [6.07, 6.45) is 5.56. The van der Waals surface area contributed by atoms with E-state index in [0.717, 1.165) is 9.88 Å². The zero-order chi connectivity index (χ0) is 18.8. The standard InChI is InChI=1S/C19H22ClN3O2S2/c20-16-6-5-15(27-16)18-21-14(12-26-18)19(25)23-9-7-22(8-10-23)17(24)11-13-3-1-2-4-13/h5-6,12-13H,1-4,7-11H2. The van der Waals surface area contributed by atoms with Crippen LogP contribution in [0.1, 0.15) is 42.6 Å². The number of hydrogen-bond acceptors (Lipinski definition) is 5. The molecule has 0 bridgehead atoms. The molecule has 0 unspecified atom stereocenters. The summed E-state index contributed by atoms with van der Waals surface area (Å²) in [6, 6.07) is 3.76. The number of hydrogen-bond donors (Lipinski definition) is 0. The average molecular weight is 424 g/mol. The Bertz CT molecular complexity index is 821. The fraction of sp³-hybridized carbons (Fsp3) is 0.526. The number of thiazole rings is 1. The quantitative estimate of drug-likeness (QED) is 0.732. The molecule has 2 aromatic heterocycles. The third-order valence-corrected chi connectivity index (χ3v) is 7.61. The van der Waals surface area contributed by atoms with E-state index in [2.05, 4.69) is 4.98 Å². The van der Waals surface area contributed by atoms with Gasteiger partial charge < -0.3 is 9.80 Å². The van der Waals surface area contributed by atoms with Gasteiger partial charge in [-0.25, -0.2) is 4.98 Å². The van der Waals surface area contributed by atoms with E-state index in [1.54, 1.807) is 4.90 Å². The van der Waals surface area contributed by atoms with Crippen LogP contribution in [0.5, 0.6) is 0 Å². The number of piperazine rings is 1. The number of aromatic nitrogens is 1. The molecule has 8 heteroatoms. The summed E-state index contributed by atoms with van der Waals surface area (Å²) in [5.74, 6) is 0.763. The van der Waals surface area contributed by atoms with E-state index >= 15 is 0 Å². The molecule has 0 radical (unpaired) electrons. The third kappa shape index (κ3) is 4.36. The molecule has 1 aliphatic carbocycles. The van der Waals surface area contributed by atoms with Crippen LogP contribution < -0.4 is 0 Å². The first-order valence-electron chi connectivity index (χ1n) is 9.38. The number of nitrogens with zero attached hydrogens (tertiary/aromatic N) is 3. The molecule has 2 fully saturated rings. The first-order valence-corrected chi connectivity index (χ1v) is 11.5. The van der Waals surface area contributed by atoms with Crippen LogP contribution in [0, 0.1) is 5.92 Å². The lowest BCUT2D eigenvalue weighted by molar-refractivity contribution is -0.133. The minimum atomic E-state index is -0.0527. The SMILES string of the molecule is O=C(CC1CCCC1)N1CCN(C(=O)c2csc(-c3ccc(Cl)s3)n2)CC1. The van der Waals surface area contributed by atoms with Gasteiger partial charge in [0.1, 0.15) is 10.7 Å². The summed E-state index contributed by atoms with van der Waals surface area (Å²) in [4.78, 5) is 34.4. The number of amides is 2. The second kappa shape index (κ2) is 8.29. The maximum Gasteiger partial charge on any atom is 0.273 e. The van der Waals surface area contributed by atoms with E-state index in [1.807, 2.05) is 22.4 Å². The average Bonchev–Trinajstić information content (AvgIpc) is 3.42. The molecule has 0 aromatic carbocycles. The van der Waals surface area contributed by atoms with E-state index in [0.29, 0.717) is 48.5 Å². The molecule has 144 valence electrons. The molecular weight excluding hydrogens is 402 g/mol. The highest BCUT2D eigenvalue weighted by Crippen LogP contribution is 2.33. The second-order valence-corrected chi connectivity index (χ2v) is 9.74. The van der Waals surface area contributed by atoms with E-state index in [1.165, 1.54) is 48.4 Å². The fourth-order valence-electron chi connectivity index (χ4n) is 3.83. The predicted molar refractivity (Wildman–Crippen MR) is 109 cm³/mol. The highest BCUT2D eigenvalue weighted by atomic mass is 35.5. The first-order chi connectivity index (χ1) is 13.1. The van der Waals surface area contributed by atoms with Gasteiger partial charge >= 0.3 is 0 Å². The zero-order valence-electron chi connectivity index (χ0n) is 15.0. The van der Waals surface area contributed by atoms with Crippen LogP contribution in [0.3, 0.4) is 0 Å². The van der Waals surface area contributed by atoms with Gasteiger partial charge in [0.05, 0.1) is 9.21 Å². The molecule has 3 heterocycles. The lowest BCUT2D eigenvalue weighted by atomic mass is 10.0. The Balaban J connectivity index is 1.32. The van der Waals surface area contributed by atoms with Crippen molar-refractivity contribution in [1.82, 2.24) is 14.8 Å². The number of carbonyl (C=O) groups is 2. The van der Waals surface area contributed by atoms with Crippen LogP contribution in [0.15, 0.2) is 17.5 Å². The van der Waals surface area contributed by atoms with Crippen molar-refractivity contribution in [3.63, 3.8) is 0 Å². The van der Waals surface area contributed by atoms with Crippen LogP contribution in [-0.2, 0) is 4.79 Å². The van der Waals surface area contributed by atoms with Crippen molar-refractivity contribution in [3.8, 4) is 9.88 Å². The van der Waals surface area contributed by atoms with Gasteiger partial charge in [-0.15, -0.1) is 22.7 Å². The van der Waals surface area contributed by atoms with Crippen molar-refractivity contribution < 1.29 is 9.59 Å². The molecule has 0 spiro atoms. The molecule has 2 aromatic rings. The van der Waals surface area contributed by atoms with Crippen LogP contribution in [0.4, 0.5) is 0 Å². The van der Waals surface area contributed by atoms with Crippen molar-refractivity contribution in [2.24, 2.45) is 5.92 Å². The number of thiophene rings is 1. The maximum absolute atomic E-state index is 12.7. The Morgan fingerprint density at radius 1 is 1.11 bits per heavy atom. The molecule has 1 saturated heterocycles. The van der Waals surface area contributed by atoms with E-state index in [4.69, 9.17) is 11.6 Å². The summed E-state index contributed by atoms with van der Waals surface area (Å²) < 4.78 is 0.714. The van der Waals surface area contributed by atoms with Gasteiger partial charge in [-0.3, -0.25) is 9.59 Å². The van der Waals surface area contributed by atoms with Crippen molar-refractivity contribution in [2.75, 3.05) is 26.2 Å². The summed E-state index contributed by atoms with van der Waals surface area (Å²) in [5.41, 5.74) is 0.477. The summed E-state index contributed by atoms with van der Waals surface area (Å²) in [7, 11) is 0. The maximum atomic E-state index is 12.7. The van der Waals surface area contributed by atoms with Crippen molar-refractivity contribution >= 4 is 46.1 Å². The Morgan fingerprint density at radius 2 is 1.81 bits per heavy atom. The van der Waals surface area contributed by atoms with E-state index in [-0.39, 0.29) is 11.8 Å². The van der Waals surface area contributed by atoms with Crippen LogP contribution in [0.25, 0.3) is 9.88 Å². The van der Waals surface area contributed by atoms with Crippen molar-refractivity contribution in [1.29, 1.82) is 0 Å². The molecular formula is C19H22ClN3O2S2. The van der Waals surface area contributed by atoms with Gasteiger partial charge in [0, 0.05) is 38.0 Å². The van der Waals surface area contributed by atoms with Gasteiger partial charge in [0.2, 0.25) is 5.91 Å². The number of halogens is 1. The Morgan fingerprint density at radius 3 is 2.48 bits per heavy atom. The van der Waals surface area contributed by atoms with Crippen molar-refractivity contribution in [2.45, 2.75) is 32.1 Å². The first kappa shape index (κ1) is 18.9. The molecule has 4 rings (SSSR count). The van der Waals surface area contributed by atoms with Gasteiger partial charge in [-0.05, 0) is 30.9 Å². The van der Waals surface area contributed by atoms with E-state index < -0.39 is 0 Å². The fourth-order valence-corrected chi connectivity index (χ4v) is 5.73. The van der Waals surface area contributed by atoms with Crippen LogP contribution in [0.2, 0.25) is 4.34 Å². The molecule has 1 saturated carbocycles. The molecule has 27 heavy (non-hydrogen) atoms. The molecule has 2 aliphatic rings. The van der Waals surface area contributed by atoms with Crippen LogP contribution in [-0.4, -0.2) is 52.8 Å². The smallest absolute Gasteiger partial charge is 0.273 e. The molecule has 5 nitrogen and oxygen atoms in total. The molecule has 1 aliphatic heterocycles.